The lowest BCUT2D eigenvalue weighted by molar-refractivity contribution is -0.142. The first-order valence-electron chi connectivity index (χ1n) is 13.7. The molecule has 7 nitrogen and oxygen atoms in total. The minimum atomic E-state index is -0.563. The molecule has 1 aliphatic heterocycles. The second-order valence-corrected chi connectivity index (χ2v) is 11.0. The highest BCUT2D eigenvalue weighted by molar-refractivity contribution is 6.35. The zero-order chi connectivity index (χ0) is 30.7. The molecule has 0 bridgehead atoms. The standard InChI is InChI=1S/C34H28Cl2N4O3/c1-4-21(2)40-33(41)29(22(3)30(18-37)34(40)42)16-25-19-39(27-8-6-5-7-9-27)38-32(25)23-11-14-28(15-12-23)43-20-24-10-13-26(35)17-31(24)36/h5-17,19,21H,4,20H2,1-3H3/b29-16+. The van der Waals surface area contributed by atoms with Gasteiger partial charge in [-0.05, 0) is 80.4 Å². The summed E-state index contributed by atoms with van der Waals surface area (Å²) in [5, 5.41) is 15.7. The van der Waals surface area contributed by atoms with Crippen LogP contribution in [-0.4, -0.2) is 32.5 Å². The Balaban J connectivity index is 1.54. The molecule has 1 aliphatic rings. The van der Waals surface area contributed by atoms with Gasteiger partial charge in [-0.2, -0.15) is 10.4 Å². The van der Waals surface area contributed by atoms with Gasteiger partial charge in [-0.15, -0.1) is 0 Å². The lowest BCUT2D eigenvalue weighted by Gasteiger charge is -2.31. The third-order valence-electron chi connectivity index (χ3n) is 7.40. The molecule has 0 saturated carbocycles. The molecule has 1 aromatic heterocycles. The number of aromatic nitrogens is 2. The SMILES string of the molecule is CCC(C)N1C(=O)C(C#N)=C(C)/C(=C\c2cn(-c3ccccc3)nc2-c2ccc(OCc3ccc(Cl)cc3Cl)cc2)C1=O. The monoisotopic (exact) mass is 610 g/mol. The number of halogens is 2. The minimum Gasteiger partial charge on any atom is -0.489 e. The lowest BCUT2D eigenvalue weighted by Crippen LogP contribution is -2.47. The first-order valence-corrected chi connectivity index (χ1v) is 14.5. The Morgan fingerprint density at radius 3 is 2.40 bits per heavy atom. The highest BCUT2D eigenvalue weighted by Gasteiger charge is 2.37. The number of ether oxygens (including phenoxy) is 1. The van der Waals surface area contributed by atoms with Crippen molar-refractivity contribution >= 4 is 41.1 Å². The van der Waals surface area contributed by atoms with Crippen molar-refractivity contribution in [1.29, 1.82) is 5.26 Å². The molecule has 1 atom stereocenters. The van der Waals surface area contributed by atoms with E-state index < -0.39 is 11.8 Å². The van der Waals surface area contributed by atoms with Crippen LogP contribution in [0.5, 0.6) is 5.75 Å². The molecule has 0 radical (unpaired) electrons. The van der Waals surface area contributed by atoms with E-state index in [9.17, 15) is 14.9 Å². The number of nitriles is 1. The van der Waals surface area contributed by atoms with Crippen LogP contribution in [0.25, 0.3) is 23.0 Å². The van der Waals surface area contributed by atoms with Crippen LogP contribution in [0.3, 0.4) is 0 Å². The van der Waals surface area contributed by atoms with Gasteiger partial charge in [0.2, 0.25) is 0 Å². The van der Waals surface area contributed by atoms with E-state index in [4.69, 9.17) is 33.0 Å². The van der Waals surface area contributed by atoms with Crippen molar-refractivity contribution in [3.8, 4) is 28.8 Å². The molecular formula is C34H28Cl2N4O3. The highest BCUT2D eigenvalue weighted by atomic mass is 35.5. The first kappa shape index (κ1) is 29.8. The van der Waals surface area contributed by atoms with E-state index in [-0.39, 0.29) is 23.8 Å². The van der Waals surface area contributed by atoms with E-state index in [1.54, 1.807) is 36.7 Å². The molecule has 5 rings (SSSR count). The van der Waals surface area contributed by atoms with E-state index in [2.05, 4.69) is 0 Å². The van der Waals surface area contributed by atoms with E-state index in [0.29, 0.717) is 39.0 Å². The van der Waals surface area contributed by atoms with Gasteiger partial charge in [0.05, 0.1) is 11.4 Å². The molecule has 1 unspecified atom stereocenters. The number of hydrogen-bond donors (Lipinski definition) is 0. The quantitative estimate of drug-likeness (QED) is 0.150. The molecule has 43 heavy (non-hydrogen) atoms. The van der Waals surface area contributed by atoms with Gasteiger partial charge < -0.3 is 4.74 Å². The molecule has 216 valence electrons. The van der Waals surface area contributed by atoms with Gasteiger partial charge in [0.1, 0.15) is 24.0 Å². The summed E-state index contributed by atoms with van der Waals surface area (Å²) in [6.45, 7) is 5.60. The minimum absolute atomic E-state index is 0.0366. The number of hydrogen-bond acceptors (Lipinski definition) is 5. The maximum atomic E-state index is 13.6. The van der Waals surface area contributed by atoms with Crippen LogP contribution in [0.1, 0.15) is 38.3 Å². The van der Waals surface area contributed by atoms with Crippen molar-refractivity contribution in [1.82, 2.24) is 14.7 Å². The predicted octanol–water partition coefficient (Wildman–Crippen LogP) is 7.82. The number of rotatable bonds is 8. The molecule has 2 amide bonds. The van der Waals surface area contributed by atoms with Crippen LogP contribution in [-0.2, 0) is 16.2 Å². The molecule has 0 N–H and O–H groups in total. The topological polar surface area (TPSA) is 88.2 Å². The van der Waals surface area contributed by atoms with Crippen molar-refractivity contribution in [3.63, 3.8) is 0 Å². The number of imide groups is 1. The predicted molar refractivity (Wildman–Crippen MR) is 168 cm³/mol. The third-order valence-corrected chi connectivity index (χ3v) is 7.99. The summed E-state index contributed by atoms with van der Waals surface area (Å²) in [4.78, 5) is 27.8. The Labute approximate surface area is 260 Å². The normalized spacial score (nSPS) is 15.2. The fourth-order valence-corrected chi connectivity index (χ4v) is 5.24. The van der Waals surface area contributed by atoms with Crippen molar-refractivity contribution in [2.45, 2.75) is 39.8 Å². The summed E-state index contributed by atoms with van der Waals surface area (Å²) in [6, 6.07) is 24.0. The Morgan fingerprint density at radius 1 is 1.02 bits per heavy atom. The summed E-state index contributed by atoms with van der Waals surface area (Å²) in [7, 11) is 0. The number of benzene rings is 3. The molecule has 0 aliphatic carbocycles. The molecular weight excluding hydrogens is 583 g/mol. The van der Waals surface area contributed by atoms with Gasteiger partial charge in [-0.1, -0.05) is 54.4 Å². The third kappa shape index (κ3) is 6.12. The number of carbonyl (C=O) groups excluding carboxylic acids is 2. The fraction of sp³-hybridized carbons (Fsp3) is 0.176. The van der Waals surface area contributed by atoms with E-state index in [1.165, 1.54) is 4.90 Å². The summed E-state index contributed by atoms with van der Waals surface area (Å²) in [5.41, 5.74) is 4.31. The molecule has 0 saturated heterocycles. The average Bonchev–Trinajstić information content (AvgIpc) is 3.43. The van der Waals surface area contributed by atoms with E-state index >= 15 is 0 Å². The van der Waals surface area contributed by atoms with Crippen molar-refractivity contribution in [2.24, 2.45) is 0 Å². The first-order chi connectivity index (χ1) is 20.7. The van der Waals surface area contributed by atoms with Crippen LogP contribution in [0.4, 0.5) is 0 Å². The van der Waals surface area contributed by atoms with Crippen LogP contribution >= 0.6 is 23.2 Å². The van der Waals surface area contributed by atoms with Crippen LogP contribution in [0.2, 0.25) is 10.0 Å². The number of para-hydroxylation sites is 1. The zero-order valence-electron chi connectivity index (χ0n) is 23.8. The van der Waals surface area contributed by atoms with Crippen molar-refractivity contribution in [3.05, 3.63) is 117 Å². The molecule has 0 fully saturated rings. The van der Waals surface area contributed by atoms with Gasteiger partial charge in [0.25, 0.3) is 11.8 Å². The van der Waals surface area contributed by atoms with Crippen LogP contribution in [0, 0.1) is 11.3 Å². The smallest absolute Gasteiger partial charge is 0.271 e. The number of amides is 2. The second-order valence-electron chi connectivity index (χ2n) is 10.2. The zero-order valence-corrected chi connectivity index (χ0v) is 25.4. The van der Waals surface area contributed by atoms with Crippen LogP contribution in [0.15, 0.2) is 95.7 Å². The maximum Gasteiger partial charge on any atom is 0.271 e. The van der Waals surface area contributed by atoms with Crippen molar-refractivity contribution in [2.75, 3.05) is 0 Å². The van der Waals surface area contributed by atoms with Gasteiger partial charge in [-0.3, -0.25) is 14.5 Å². The summed E-state index contributed by atoms with van der Waals surface area (Å²) < 4.78 is 7.69. The van der Waals surface area contributed by atoms with Gasteiger partial charge >= 0.3 is 0 Å². The van der Waals surface area contributed by atoms with E-state index in [0.717, 1.165) is 16.8 Å². The summed E-state index contributed by atoms with van der Waals surface area (Å²) in [5.74, 6) is -0.356. The molecule has 0 spiro atoms. The van der Waals surface area contributed by atoms with Gasteiger partial charge in [-0.25, -0.2) is 4.68 Å². The summed E-state index contributed by atoms with van der Waals surface area (Å²) >= 11 is 12.3. The number of carbonyl (C=O) groups is 2. The fourth-order valence-electron chi connectivity index (χ4n) is 4.78. The second kappa shape index (κ2) is 12.7. The number of nitrogens with zero attached hydrogens (tertiary/aromatic N) is 4. The van der Waals surface area contributed by atoms with Gasteiger partial charge in [0.15, 0.2) is 0 Å². The Bertz CT molecular complexity index is 1800. The lowest BCUT2D eigenvalue weighted by atomic mass is 9.92. The molecule has 2 heterocycles. The largest absolute Gasteiger partial charge is 0.489 e. The summed E-state index contributed by atoms with van der Waals surface area (Å²) in [6.07, 6.45) is 4.12. The van der Waals surface area contributed by atoms with Gasteiger partial charge in [0, 0.05) is 44.5 Å². The Kier molecular flexibility index (Phi) is 8.81. The molecule has 3 aromatic carbocycles. The Hall–Kier alpha value is -4.64. The van der Waals surface area contributed by atoms with Crippen molar-refractivity contribution < 1.29 is 14.3 Å². The van der Waals surface area contributed by atoms with E-state index in [1.807, 2.05) is 79.9 Å². The Morgan fingerprint density at radius 2 is 1.74 bits per heavy atom. The maximum absolute atomic E-state index is 13.6. The van der Waals surface area contributed by atoms with Crippen LogP contribution < -0.4 is 4.74 Å². The highest BCUT2D eigenvalue weighted by Crippen LogP contribution is 2.33. The average molecular weight is 612 g/mol. The molecule has 9 heteroatoms. The molecule has 4 aromatic rings.